The van der Waals surface area contributed by atoms with E-state index in [9.17, 15) is 0 Å². The first-order valence-electron chi connectivity index (χ1n) is 7.27. The summed E-state index contributed by atoms with van der Waals surface area (Å²) in [6.45, 7) is 8.12. The SMILES string of the molecule is CCCNC(c1ccn(C)n1)C1CCCC1(C)C. The molecule has 1 fully saturated rings. The van der Waals surface area contributed by atoms with Crippen LogP contribution in [-0.4, -0.2) is 16.3 Å². The van der Waals surface area contributed by atoms with Crippen molar-refractivity contribution < 1.29 is 0 Å². The minimum absolute atomic E-state index is 0.420. The van der Waals surface area contributed by atoms with Crippen molar-refractivity contribution in [3.63, 3.8) is 0 Å². The Morgan fingerprint density at radius 1 is 1.56 bits per heavy atom. The van der Waals surface area contributed by atoms with Gasteiger partial charge in [0.1, 0.15) is 0 Å². The van der Waals surface area contributed by atoms with Gasteiger partial charge in [0.25, 0.3) is 0 Å². The van der Waals surface area contributed by atoms with Crippen molar-refractivity contribution in [3.05, 3.63) is 18.0 Å². The lowest BCUT2D eigenvalue weighted by Crippen LogP contribution is -2.34. The third kappa shape index (κ3) is 2.77. The Hall–Kier alpha value is -0.830. The Morgan fingerprint density at radius 3 is 2.83 bits per heavy atom. The number of aryl methyl sites for hydroxylation is 1. The summed E-state index contributed by atoms with van der Waals surface area (Å²) in [5.41, 5.74) is 1.65. The molecule has 2 atom stereocenters. The Balaban J connectivity index is 2.19. The largest absolute Gasteiger partial charge is 0.308 e. The van der Waals surface area contributed by atoms with Crippen molar-refractivity contribution in [1.29, 1.82) is 0 Å². The van der Waals surface area contributed by atoms with Crippen LogP contribution in [0.4, 0.5) is 0 Å². The zero-order chi connectivity index (χ0) is 13.2. The molecule has 102 valence electrons. The highest BCUT2D eigenvalue weighted by Crippen LogP contribution is 2.48. The second-order valence-corrected chi connectivity index (χ2v) is 6.33. The summed E-state index contributed by atoms with van der Waals surface area (Å²) in [4.78, 5) is 0. The maximum Gasteiger partial charge on any atom is 0.0796 e. The van der Waals surface area contributed by atoms with Crippen molar-refractivity contribution in [2.75, 3.05) is 6.54 Å². The minimum Gasteiger partial charge on any atom is -0.308 e. The van der Waals surface area contributed by atoms with Crippen molar-refractivity contribution in [2.24, 2.45) is 18.4 Å². The summed E-state index contributed by atoms with van der Waals surface area (Å²) in [6.07, 6.45) is 7.25. The van der Waals surface area contributed by atoms with Gasteiger partial charge in [-0.05, 0) is 43.2 Å². The third-order valence-electron chi connectivity index (χ3n) is 4.41. The second-order valence-electron chi connectivity index (χ2n) is 6.33. The molecule has 3 nitrogen and oxygen atoms in total. The highest BCUT2D eigenvalue weighted by molar-refractivity contribution is 5.10. The lowest BCUT2D eigenvalue weighted by atomic mass is 9.76. The van der Waals surface area contributed by atoms with Crippen LogP contribution in [0.2, 0.25) is 0 Å². The number of aromatic nitrogens is 2. The number of hydrogen-bond donors (Lipinski definition) is 1. The molecule has 1 aromatic rings. The predicted molar refractivity (Wildman–Crippen MR) is 75.4 cm³/mol. The molecule has 0 saturated heterocycles. The van der Waals surface area contributed by atoms with E-state index in [0.717, 1.165) is 6.54 Å². The average Bonchev–Trinajstić information content (AvgIpc) is 2.87. The number of hydrogen-bond acceptors (Lipinski definition) is 2. The standard InChI is InChI=1S/C15H27N3/c1-5-10-16-14(13-8-11-18(4)17-13)12-7-6-9-15(12,2)3/h8,11-12,14,16H,5-7,9-10H2,1-4H3. The monoisotopic (exact) mass is 249 g/mol. The molecule has 1 aliphatic carbocycles. The zero-order valence-corrected chi connectivity index (χ0v) is 12.2. The van der Waals surface area contributed by atoms with Crippen molar-refractivity contribution >= 4 is 0 Å². The number of rotatable bonds is 5. The first-order chi connectivity index (χ1) is 8.54. The lowest BCUT2D eigenvalue weighted by Gasteiger charge is -2.34. The van der Waals surface area contributed by atoms with Crippen LogP contribution >= 0.6 is 0 Å². The first-order valence-corrected chi connectivity index (χ1v) is 7.27. The van der Waals surface area contributed by atoms with E-state index in [1.165, 1.54) is 31.4 Å². The average molecular weight is 249 g/mol. The van der Waals surface area contributed by atoms with Gasteiger partial charge in [0.15, 0.2) is 0 Å². The van der Waals surface area contributed by atoms with Crippen molar-refractivity contribution in [1.82, 2.24) is 15.1 Å². The molecule has 3 heteroatoms. The second kappa shape index (κ2) is 5.43. The lowest BCUT2D eigenvalue weighted by molar-refractivity contribution is 0.194. The predicted octanol–water partition coefficient (Wildman–Crippen LogP) is 3.29. The van der Waals surface area contributed by atoms with E-state index in [2.05, 4.69) is 43.4 Å². The van der Waals surface area contributed by atoms with E-state index in [-0.39, 0.29) is 0 Å². The highest BCUT2D eigenvalue weighted by Gasteiger charge is 2.40. The Labute approximate surface area is 111 Å². The van der Waals surface area contributed by atoms with Crippen LogP contribution in [-0.2, 0) is 7.05 Å². The molecule has 0 spiro atoms. The van der Waals surface area contributed by atoms with Crippen molar-refractivity contribution in [3.8, 4) is 0 Å². The Kier molecular flexibility index (Phi) is 4.10. The van der Waals surface area contributed by atoms with Crippen LogP contribution in [0.15, 0.2) is 12.3 Å². The molecule has 2 unspecified atom stereocenters. The molecule has 0 aliphatic heterocycles. The van der Waals surface area contributed by atoms with Gasteiger partial charge in [-0.1, -0.05) is 27.2 Å². The maximum absolute atomic E-state index is 4.63. The van der Waals surface area contributed by atoms with Crippen LogP contribution < -0.4 is 5.32 Å². The topological polar surface area (TPSA) is 29.9 Å². The van der Waals surface area contributed by atoms with E-state index in [4.69, 9.17) is 0 Å². The molecule has 0 amide bonds. The molecule has 2 rings (SSSR count). The maximum atomic E-state index is 4.63. The van der Waals surface area contributed by atoms with Crippen LogP contribution in [0.3, 0.4) is 0 Å². The Bertz CT molecular complexity index is 381. The van der Waals surface area contributed by atoms with E-state index >= 15 is 0 Å². The van der Waals surface area contributed by atoms with Crippen molar-refractivity contribution in [2.45, 2.75) is 52.5 Å². The summed E-state index contributed by atoms with van der Waals surface area (Å²) in [5.74, 6) is 0.707. The van der Waals surface area contributed by atoms with Gasteiger partial charge in [0, 0.05) is 13.2 Å². The van der Waals surface area contributed by atoms with Gasteiger partial charge in [0.05, 0.1) is 11.7 Å². The summed E-state index contributed by atoms with van der Waals surface area (Å²) in [5, 5.41) is 8.35. The number of nitrogens with one attached hydrogen (secondary N) is 1. The fourth-order valence-corrected chi connectivity index (χ4v) is 3.32. The molecule has 1 aromatic heterocycles. The van der Waals surface area contributed by atoms with Crippen LogP contribution in [0.5, 0.6) is 0 Å². The van der Waals surface area contributed by atoms with E-state index in [1.807, 2.05) is 11.7 Å². The van der Waals surface area contributed by atoms with Gasteiger partial charge in [0.2, 0.25) is 0 Å². The summed E-state index contributed by atoms with van der Waals surface area (Å²) >= 11 is 0. The molecular formula is C15H27N3. The first kappa shape index (κ1) is 13.6. The van der Waals surface area contributed by atoms with Crippen LogP contribution in [0, 0.1) is 11.3 Å². The molecule has 1 heterocycles. The third-order valence-corrected chi connectivity index (χ3v) is 4.41. The van der Waals surface area contributed by atoms with E-state index < -0.39 is 0 Å². The quantitative estimate of drug-likeness (QED) is 0.868. The molecular weight excluding hydrogens is 222 g/mol. The van der Waals surface area contributed by atoms with E-state index in [1.54, 1.807) is 0 Å². The fraction of sp³-hybridized carbons (Fsp3) is 0.800. The van der Waals surface area contributed by atoms with Gasteiger partial charge in [-0.2, -0.15) is 5.10 Å². The normalized spacial score (nSPS) is 24.3. The molecule has 18 heavy (non-hydrogen) atoms. The zero-order valence-electron chi connectivity index (χ0n) is 12.2. The fourth-order valence-electron chi connectivity index (χ4n) is 3.32. The van der Waals surface area contributed by atoms with Crippen LogP contribution in [0.1, 0.15) is 58.2 Å². The smallest absolute Gasteiger partial charge is 0.0796 e. The molecule has 0 bridgehead atoms. The molecule has 1 aliphatic rings. The van der Waals surface area contributed by atoms with Gasteiger partial charge in [-0.3, -0.25) is 4.68 Å². The minimum atomic E-state index is 0.420. The van der Waals surface area contributed by atoms with Gasteiger partial charge >= 0.3 is 0 Å². The molecule has 0 radical (unpaired) electrons. The molecule has 0 aromatic carbocycles. The molecule has 1 N–H and O–H groups in total. The van der Waals surface area contributed by atoms with Gasteiger partial charge in [-0.25, -0.2) is 0 Å². The van der Waals surface area contributed by atoms with Gasteiger partial charge < -0.3 is 5.32 Å². The summed E-state index contributed by atoms with van der Waals surface area (Å²) in [7, 11) is 2.00. The summed E-state index contributed by atoms with van der Waals surface area (Å²) < 4.78 is 1.91. The van der Waals surface area contributed by atoms with E-state index in [0.29, 0.717) is 17.4 Å². The highest BCUT2D eigenvalue weighted by atomic mass is 15.3. The van der Waals surface area contributed by atoms with Crippen LogP contribution in [0.25, 0.3) is 0 Å². The molecule has 1 saturated carbocycles. The van der Waals surface area contributed by atoms with Gasteiger partial charge in [-0.15, -0.1) is 0 Å². The Morgan fingerprint density at radius 2 is 2.33 bits per heavy atom. The number of nitrogens with zero attached hydrogens (tertiary/aromatic N) is 2. The summed E-state index contributed by atoms with van der Waals surface area (Å²) in [6, 6.07) is 2.59.